The van der Waals surface area contributed by atoms with E-state index in [9.17, 15) is 18.4 Å². The van der Waals surface area contributed by atoms with Crippen LogP contribution in [0.1, 0.15) is 37.7 Å². The molecule has 2 aliphatic rings. The molecule has 1 N–H and O–H groups in total. The van der Waals surface area contributed by atoms with Crippen LogP contribution in [0, 0.1) is 0 Å². The van der Waals surface area contributed by atoms with E-state index in [1.165, 1.54) is 19.2 Å². The Morgan fingerprint density at radius 2 is 2.00 bits per heavy atom. The number of nitrogens with zero attached hydrogens (tertiary/aromatic N) is 2. The maximum Gasteiger partial charge on any atom is 0.387 e. The van der Waals surface area contributed by atoms with E-state index in [-0.39, 0.29) is 17.1 Å². The summed E-state index contributed by atoms with van der Waals surface area (Å²) in [6.45, 7) is -3.05. The fourth-order valence-electron chi connectivity index (χ4n) is 3.34. The number of imide groups is 1. The first-order chi connectivity index (χ1) is 12.5. The minimum absolute atomic E-state index is 0.0928. The highest BCUT2D eigenvalue weighted by molar-refractivity contribution is 6.07. The molecule has 1 aliphatic carbocycles. The molecule has 2 fully saturated rings. The van der Waals surface area contributed by atoms with E-state index in [4.69, 9.17) is 4.74 Å². The van der Waals surface area contributed by atoms with Crippen molar-refractivity contribution < 1.29 is 27.8 Å². The van der Waals surface area contributed by atoms with Crippen LogP contribution in [0.3, 0.4) is 0 Å². The van der Waals surface area contributed by atoms with E-state index in [0.717, 1.165) is 30.5 Å². The van der Waals surface area contributed by atoms with Gasteiger partial charge in [-0.25, -0.2) is 4.79 Å². The number of methoxy groups -OCH3 is 1. The van der Waals surface area contributed by atoms with Crippen LogP contribution < -0.4 is 14.8 Å². The number of hydrogen-bond acceptors (Lipinski definition) is 5. The molecule has 0 atom stereocenters. The van der Waals surface area contributed by atoms with Crippen molar-refractivity contribution in [3.05, 3.63) is 23.8 Å². The van der Waals surface area contributed by atoms with Crippen LogP contribution in [0.4, 0.5) is 13.6 Å². The average molecular weight is 367 g/mol. The van der Waals surface area contributed by atoms with Crippen molar-refractivity contribution in [3.8, 4) is 11.5 Å². The topological polar surface area (TPSA) is 80.2 Å². The van der Waals surface area contributed by atoms with E-state index < -0.39 is 24.1 Å². The average Bonchev–Trinajstić information content (AvgIpc) is 2.84. The molecule has 1 saturated heterocycles. The number of alkyl halides is 2. The van der Waals surface area contributed by atoms with Crippen molar-refractivity contribution in [1.29, 1.82) is 0 Å². The number of rotatable bonds is 5. The van der Waals surface area contributed by atoms with Gasteiger partial charge in [0.25, 0.3) is 5.91 Å². The molecule has 0 bridgehead atoms. The van der Waals surface area contributed by atoms with Gasteiger partial charge in [0.05, 0.1) is 13.3 Å². The molecular weight excluding hydrogens is 348 g/mol. The minimum atomic E-state index is -3.05. The quantitative estimate of drug-likeness (QED) is 0.641. The van der Waals surface area contributed by atoms with E-state index in [0.29, 0.717) is 12.8 Å². The zero-order chi connectivity index (χ0) is 18.7. The van der Waals surface area contributed by atoms with Crippen molar-refractivity contribution in [2.45, 2.75) is 44.3 Å². The van der Waals surface area contributed by atoms with Crippen LogP contribution in [-0.2, 0) is 4.79 Å². The molecule has 140 valence electrons. The molecule has 1 spiro atoms. The van der Waals surface area contributed by atoms with E-state index in [1.54, 1.807) is 6.07 Å². The normalized spacial score (nSPS) is 19.5. The molecular formula is C17H19F2N3O4. The lowest BCUT2D eigenvalue weighted by molar-refractivity contribution is -0.132. The number of hydrogen-bond donors (Lipinski definition) is 1. The Bertz CT molecular complexity index is 733. The maximum atomic E-state index is 12.7. The third kappa shape index (κ3) is 3.33. The largest absolute Gasteiger partial charge is 0.493 e. The molecule has 3 amide bonds. The SMILES string of the molecule is COc1cccc(/C=N\N2C(=O)NC3(CCCCC3)C2=O)c1OC(F)F. The number of para-hydroxylation sites is 1. The summed E-state index contributed by atoms with van der Waals surface area (Å²) in [7, 11) is 1.32. The second-order valence-corrected chi connectivity index (χ2v) is 6.19. The number of carbonyl (C=O) groups is 2. The lowest BCUT2D eigenvalue weighted by atomic mass is 9.82. The number of benzene rings is 1. The molecule has 7 nitrogen and oxygen atoms in total. The molecule has 3 rings (SSSR count). The highest BCUT2D eigenvalue weighted by atomic mass is 19.3. The van der Waals surface area contributed by atoms with E-state index in [2.05, 4.69) is 15.2 Å². The fourth-order valence-corrected chi connectivity index (χ4v) is 3.34. The third-order valence-corrected chi connectivity index (χ3v) is 4.60. The molecule has 0 radical (unpaired) electrons. The Balaban J connectivity index is 1.86. The van der Waals surface area contributed by atoms with E-state index in [1.807, 2.05) is 0 Å². The highest BCUT2D eigenvalue weighted by Gasteiger charge is 2.51. The van der Waals surface area contributed by atoms with Crippen LogP contribution in [-0.4, -0.2) is 42.4 Å². The van der Waals surface area contributed by atoms with Gasteiger partial charge in [0.2, 0.25) is 0 Å². The van der Waals surface area contributed by atoms with Gasteiger partial charge in [-0.1, -0.05) is 25.3 Å². The van der Waals surface area contributed by atoms with Gasteiger partial charge in [0, 0.05) is 5.56 Å². The molecule has 1 aromatic rings. The van der Waals surface area contributed by atoms with Crippen LogP contribution in [0.5, 0.6) is 11.5 Å². The smallest absolute Gasteiger partial charge is 0.387 e. The van der Waals surface area contributed by atoms with Gasteiger partial charge in [-0.15, -0.1) is 5.01 Å². The van der Waals surface area contributed by atoms with Gasteiger partial charge >= 0.3 is 12.6 Å². The number of ether oxygens (including phenoxy) is 2. The van der Waals surface area contributed by atoms with Gasteiger partial charge in [0.1, 0.15) is 5.54 Å². The summed E-state index contributed by atoms with van der Waals surface area (Å²) < 4.78 is 34.8. The maximum absolute atomic E-state index is 12.7. The van der Waals surface area contributed by atoms with Gasteiger partial charge in [-0.05, 0) is 25.0 Å². The fraction of sp³-hybridized carbons (Fsp3) is 0.471. The van der Waals surface area contributed by atoms with Crippen molar-refractivity contribution in [2.75, 3.05) is 7.11 Å². The molecule has 0 aromatic heterocycles. The number of amides is 3. The molecule has 9 heteroatoms. The standard InChI is InChI=1S/C17H19F2N3O4/c1-25-12-7-5-6-11(13(12)26-15(18)19)10-20-22-14(23)17(21-16(22)24)8-3-2-4-9-17/h5-7,10,15H,2-4,8-9H2,1H3,(H,21,24)/b20-10-. The number of halogens is 2. The summed E-state index contributed by atoms with van der Waals surface area (Å²) in [5.74, 6) is -0.541. The van der Waals surface area contributed by atoms with Crippen LogP contribution in [0.15, 0.2) is 23.3 Å². The van der Waals surface area contributed by atoms with Crippen LogP contribution in [0.2, 0.25) is 0 Å². The predicted molar refractivity (Wildman–Crippen MR) is 88.4 cm³/mol. The van der Waals surface area contributed by atoms with Crippen LogP contribution in [0.25, 0.3) is 0 Å². The first-order valence-corrected chi connectivity index (χ1v) is 8.29. The van der Waals surface area contributed by atoms with Gasteiger partial charge in [-0.2, -0.15) is 13.9 Å². The summed E-state index contributed by atoms with van der Waals surface area (Å²) in [5.41, 5.74) is -0.738. The van der Waals surface area contributed by atoms with Gasteiger partial charge in [-0.3, -0.25) is 4.79 Å². The predicted octanol–water partition coefficient (Wildman–Crippen LogP) is 2.89. The lowest BCUT2D eigenvalue weighted by Crippen LogP contribution is -2.48. The van der Waals surface area contributed by atoms with Crippen LogP contribution >= 0.6 is 0 Å². The second-order valence-electron chi connectivity index (χ2n) is 6.19. The summed E-state index contributed by atoms with van der Waals surface area (Å²) in [6, 6.07) is 3.87. The summed E-state index contributed by atoms with van der Waals surface area (Å²) in [5, 5.41) is 7.38. The summed E-state index contributed by atoms with van der Waals surface area (Å²) in [6.07, 6.45) is 5.01. The van der Waals surface area contributed by atoms with Crippen molar-refractivity contribution >= 4 is 18.2 Å². The Kier molecular flexibility index (Phi) is 5.06. The molecule has 1 aromatic carbocycles. The Morgan fingerprint density at radius 1 is 1.27 bits per heavy atom. The van der Waals surface area contributed by atoms with Gasteiger partial charge in [0.15, 0.2) is 11.5 Å². The Hall–Kier alpha value is -2.71. The van der Waals surface area contributed by atoms with Crippen molar-refractivity contribution in [2.24, 2.45) is 5.10 Å². The molecule has 1 saturated carbocycles. The van der Waals surface area contributed by atoms with E-state index >= 15 is 0 Å². The van der Waals surface area contributed by atoms with Crippen molar-refractivity contribution in [1.82, 2.24) is 10.3 Å². The van der Waals surface area contributed by atoms with Crippen molar-refractivity contribution in [3.63, 3.8) is 0 Å². The number of nitrogens with one attached hydrogen (secondary N) is 1. The number of carbonyl (C=O) groups excluding carboxylic acids is 2. The Labute approximate surface area is 148 Å². The zero-order valence-electron chi connectivity index (χ0n) is 14.2. The summed E-state index contributed by atoms with van der Waals surface area (Å²) >= 11 is 0. The molecule has 26 heavy (non-hydrogen) atoms. The first-order valence-electron chi connectivity index (χ1n) is 8.29. The summed E-state index contributed by atoms with van der Waals surface area (Å²) in [4.78, 5) is 24.8. The highest BCUT2D eigenvalue weighted by Crippen LogP contribution is 2.34. The number of urea groups is 1. The molecule has 0 unspecified atom stereocenters. The zero-order valence-corrected chi connectivity index (χ0v) is 14.2. The monoisotopic (exact) mass is 367 g/mol. The molecule has 1 heterocycles. The number of hydrazone groups is 1. The lowest BCUT2D eigenvalue weighted by Gasteiger charge is -2.29. The first kappa shape index (κ1) is 18.1. The van der Waals surface area contributed by atoms with Gasteiger partial charge < -0.3 is 14.8 Å². The molecule has 1 aliphatic heterocycles. The minimum Gasteiger partial charge on any atom is -0.493 e. The second kappa shape index (κ2) is 7.27. The third-order valence-electron chi connectivity index (χ3n) is 4.60. The Morgan fingerprint density at radius 3 is 2.65 bits per heavy atom.